The zero-order valence-corrected chi connectivity index (χ0v) is 23.0. The summed E-state index contributed by atoms with van der Waals surface area (Å²) in [6, 6.07) is -0.543. The van der Waals surface area contributed by atoms with Crippen molar-refractivity contribution in [2.24, 2.45) is 11.8 Å². The molecule has 1 unspecified atom stereocenters. The molecule has 0 radical (unpaired) electrons. The van der Waals surface area contributed by atoms with E-state index in [1.54, 1.807) is 11.0 Å². The molecule has 0 spiro atoms. The molecule has 3 rings (SSSR count). The van der Waals surface area contributed by atoms with Gasteiger partial charge < -0.3 is 15.3 Å². The Morgan fingerprint density at radius 2 is 1.95 bits per heavy atom. The number of carboxylic acid groups (broad SMARTS) is 1. The Morgan fingerprint density at radius 3 is 2.56 bits per heavy atom. The van der Waals surface area contributed by atoms with Crippen molar-refractivity contribution in [3.05, 3.63) is 82.3 Å². The number of nitrogens with one attached hydrogen (secondary N) is 1. The zero-order valence-electron chi connectivity index (χ0n) is 23.0. The zero-order chi connectivity index (χ0) is 28.2. The summed E-state index contributed by atoms with van der Waals surface area (Å²) in [5, 5.41) is 24.5. The number of carbonyl (C=O) groups excluding carboxylic acids is 1. The summed E-state index contributed by atoms with van der Waals surface area (Å²) in [5.74, 6) is -0.515. The molecule has 1 amide bonds. The second-order valence-electron chi connectivity index (χ2n) is 10.4. The van der Waals surface area contributed by atoms with Crippen LogP contribution in [-0.2, 0) is 9.59 Å². The molecule has 2 saturated heterocycles. The molecule has 9 heteroatoms. The summed E-state index contributed by atoms with van der Waals surface area (Å²) in [5.41, 5.74) is 2.17. The van der Waals surface area contributed by atoms with E-state index in [9.17, 15) is 24.8 Å². The van der Waals surface area contributed by atoms with Crippen molar-refractivity contribution < 1.29 is 19.6 Å². The predicted molar refractivity (Wildman–Crippen MR) is 152 cm³/mol. The maximum atomic E-state index is 12.7. The van der Waals surface area contributed by atoms with Gasteiger partial charge in [0.1, 0.15) is 6.04 Å². The van der Waals surface area contributed by atoms with Crippen LogP contribution in [-0.4, -0.2) is 70.5 Å². The molecule has 2 fully saturated rings. The van der Waals surface area contributed by atoms with Crippen molar-refractivity contribution in [2.45, 2.75) is 57.9 Å². The van der Waals surface area contributed by atoms with Gasteiger partial charge in [0, 0.05) is 38.2 Å². The van der Waals surface area contributed by atoms with Crippen molar-refractivity contribution >= 4 is 11.9 Å². The van der Waals surface area contributed by atoms with Gasteiger partial charge in [-0.2, -0.15) is 0 Å². The second kappa shape index (κ2) is 15.2. The van der Waals surface area contributed by atoms with Gasteiger partial charge in [0.05, 0.1) is 4.92 Å². The first kappa shape index (κ1) is 30.1. The molecule has 1 atom stereocenters. The molecule has 39 heavy (non-hydrogen) atoms. The van der Waals surface area contributed by atoms with Crippen LogP contribution in [0, 0.1) is 22.0 Å². The van der Waals surface area contributed by atoms with Crippen LogP contribution in [0.15, 0.2) is 72.2 Å². The van der Waals surface area contributed by atoms with Gasteiger partial charge in [0.2, 0.25) is 11.6 Å². The van der Waals surface area contributed by atoms with Crippen molar-refractivity contribution in [2.75, 3.05) is 32.7 Å². The molecule has 2 heterocycles. The van der Waals surface area contributed by atoms with Gasteiger partial charge in [-0.1, -0.05) is 24.3 Å². The van der Waals surface area contributed by atoms with Crippen molar-refractivity contribution in [3.8, 4) is 0 Å². The van der Waals surface area contributed by atoms with E-state index in [-0.39, 0.29) is 22.4 Å². The Labute approximate surface area is 231 Å². The highest BCUT2D eigenvalue weighted by atomic mass is 16.6. The lowest BCUT2D eigenvalue weighted by atomic mass is 9.84. The summed E-state index contributed by atoms with van der Waals surface area (Å²) in [6.07, 6.45) is 19.6. The number of nitro groups is 1. The number of aliphatic carboxylic acids is 1. The maximum absolute atomic E-state index is 12.7. The number of piperidine rings is 2. The average molecular weight is 539 g/mol. The molecule has 2 N–H and O–H groups in total. The molecule has 2 aliphatic heterocycles. The first-order chi connectivity index (χ1) is 18.8. The third-order valence-electron chi connectivity index (χ3n) is 7.90. The van der Waals surface area contributed by atoms with Crippen LogP contribution in [0.1, 0.15) is 51.9 Å². The number of nitrogens with zero attached hydrogens (tertiary/aromatic N) is 3. The molecule has 3 aliphatic rings. The molecule has 9 nitrogen and oxygen atoms in total. The normalized spacial score (nSPS) is 21.1. The lowest BCUT2D eigenvalue weighted by Gasteiger charge is -2.42. The Bertz CT molecular complexity index is 1040. The summed E-state index contributed by atoms with van der Waals surface area (Å²) >= 11 is 0. The number of likely N-dealkylation sites (tertiary alicyclic amines) is 2. The number of allylic oxidation sites excluding steroid dienone is 8. The number of amides is 1. The van der Waals surface area contributed by atoms with Crippen molar-refractivity contribution in [1.29, 1.82) is 0 Å². The topological polar surface area (TPSA) is 116 Å². The molecule has 0 aromatic heterocycles. The molecule has 0 saturated carbocycles. The maximum Gasteiger partial charge on any atom is 0.321 e. The van der Waals surface area contributed by atoms with Crippen molar-refractivity contribution in [1.82, 2.24) is 15.1 Å². The van der Waals surface area contributed by atoms with E-state index < -0.39 is 12.0 Å². The monoisotopic (exact) mass is 538 g/mol. The quantitative estimate of drug-likeness (QED) is 0.124. The average Bonchev–Trinajstić information content (AvgIpc) is 2.94. The van der Waals surface area contributed by atoms with Crippen molar-refractivity contribution in [3.63, 3.8) is 0 Å². The molecule has 1 aliphatic carbocycles. The molecular formula is C30H42N4O5. The Morgan fingerprint density at radius 1 is 1.23 bits per heavy atom. The molecule has 212 valence electrons. The van der Waals surface area contributed by atoms with Crippen LogP contribution in [0.3, 0.4) is 0 Å². The van der Waals surface area contributed by atoms with E-state index in [1.807, 2.05) is 19.1 Å². The largest absolute Gasteiger partial charge is 0.480 e. The van der Waals surface area contributed by atoms with E-state index in [0.717, 1.165) is 32.4 Å². The van der Waals surface area contributed by atoms with Crippen LogP contribution in [0.5, 0.6) is 0 Å². The van der Waals surface area contributed by atoms with Gasteiger partial charge in [-0.3, -0.25) is 24.6 Å². The van der Waals surface area contributed by atoms with E-state index in [2.05, 4.69) is 35.1 Å². The summed E-state index contributed by atoms with van der Waals surface area (Å²) in [4.78, 5) is 39.6. The Balaban J connectivity index is 1.54. The summed E-state index contributed by atoms with van der Waals surface area (Å²) < 4.78 is 0. The fraction of sp³-hybridized carbons (Fsp3) is 0.533. The van der Waals surface area contributed by atoms with Crippen LogP contribution < -0.4 is 5.32 Å². The van der Waals surface area contributed by atoms with E-state index in [4.69, 9.17) is 0 Å². The lowest BCUT2D eigenvalue weighted by molar-refractivity contribution is -0.428. The minimum atomic E-state index is -0.784. The smallest absolute Gasteiger partial charge is 0.321 e. The van der Waals surface area contributed by atoms with Gasteiger partial charge in [0.15, 0.2) is 0 Å². The lowest BCUT2D eigenvalue weighted by Crippen LogP contribution is -2.52. The Kier molecular flexibility index (Phi) is 11.7. The van der Waals surface area contributed by atoms with Gasteiger partial charge in [-0.15, -0.1) is 6.58 Å². The second-order valence-corrected chi connectivity index (χ2v) is 10.4. The van der Waals surface area contributed by atoms with Gasteiger partial charge >= 0.3 is 5.97 Å². The molecular weight excluding hydrogens is 496 g/mol. The van der Waals surface area contributed by atoms with Crippen LogP contribution in [0.25, 0.3) is 0 Å². The van der Waals surface area contributed by atoms with Crippen LogP contribution >= 0.6 is 0 Å². The standard InChI is InChI=1S/C30H42N4O5/c1-3-5-8-26(22-31-16-4-2)24-12-19-33(20-13-24)29(30(36)37)25-14-17-32(18-15-25)28(35)11-10-23-7-6-9-27(21-23)34(38)39/h3-5,7,10-11,21-22,24-25,29,31H,2,6,8-9,12-20H2,1H3,(H,36,37)/b5-3-,11-10+,26-22+. The van der Waals surface area contributed by atoms with Gasteiger partial charge in [-0.25, -0.2) is 0 Å². The first-order valence-electron chi connectivity index (χ1n) is 14.0. The molecule has 0 aromatic carbocycles. The number of rotatable bonds is 12. The number of carboxylic acids is 1. The first-order valence-corrected chi connectivity index (χ1v) is 14.0. The fourth-order valence-electron chi connectivity index (χ4n) is 5.75. The summed E-state index contributed by atoms with van der Waals surface area (Å²) in [7, 11) is 0. The fourth-order valence-corrected chi connectivity index (χ4v) is 5.75. The van der Waals surface area contributed by atoms with Crippen LogP contribution in [0.2, 0.25) is 0 Å². The van der Waals surface area contributed by atoms with Gasteiger partial charge in [-0.05, 0) is 93.8 Å². The highest BCUT2D eigenvalue weighted by Crippen LogP contribution is 2.32. The van der Waals surface area contributed by atoms with Crippen LogP contribution in [0.4, 0.5) is 0 Å². The van der Waals surface area contributed by atoms with E-state index in [0.29, 0.717) is 56.8 Å². The number of hydrogen-bond acceptors (Lipinski definition) is 6. The summed E-state index contributed by atoms with van der Waals surface area (Å²) in [6.45, 7) is 8.99. The predicted octanol–water partition coefficient (Wildman–Crippen LogP) is 4.45. The minimum absolute atomic E-state index is 0.00832. The SMILES string of the molecule is C=CCN/C=C(\C/C=C\C)C1CCN(C(C(=O)O)C2CCN(C(=O)/C=C/C3=CCCC([N+](=O)[O-])=C3)CC2)CC1. The molecule has 0 aromatic rings. The third-order valence-corrected chi connectivity index (χ3v) is 7.90. The highest BCUT2D eigenvalue weighted by molar-refractivity contribution is 5.88. The third kappa shape index (κ3) is 8.78. The Hall–Kier alpha value is -3.46. The van der Waals surface area contributed by atoms with Gasteiger partial charge in [0.25, 0.3) is 0 Å². The molecule has 0 bridgehead atoms. The van der Waals surface area contributed by atoms with E-state index >= 15 is 0 Å². The minimum Gasteiger partial charge on any atom is -0.480 e. The number of hydrogen-bond donors (Lipinski definition) is 2. The van der Waals surface area contributed by atoms with E-state index in [1.165, 1.54) is 17.7 Å². The number of carbonyl (C=O) groups is 2. The highest BCUT2D eigenvalue weighted by Gasteiger charge is 2.38.